The second-order valence-electron chi connectivity index (χ2n) is 6.99. The summed E-state index contributed by atoms with van der Waals surface area (Å²) in [5.74, 6) is 0.371. The highest BCUT2D eigenvalue weighted by molar-refractivity contribution is 6.19. The zero-order chi connectivity index (χ0) is 20.1. The third kappa shape index (κ3) is 2.60. The maximum Gasteiger partial charge on any atom is 0.362 e. The lowest BCUT2D eigenvalue weighted by Crippen LogP contribution is -2.09. The van der Waals surface area contributed by atoms with Crippen LogP contribution in [0, 0.1) is 12.7 Å². The van der Waals surface area contributed by atoms with Crippen molar-refractivity contribution in [1.29, 1.82) is 0 Å². The van der Waals surface area contributed by atoms with Gasteiger partial charge in [-0.1, -0.05) is 18.2 Å². The Morgan fingerprint density at radius 1 is 1.14 bits per heavy atom. The van der Waals surface area contributed by atoms with Gasteiger partial charge in [-0.2, -0.15) is 0 Å². The number of benzene rings is 2. The minimum absolute atomic E-state index is 0.190. The summed E-state index contributed by atoms with van der Waals surface area (Å²) < 4.78 is 27.2. The monoisotopic (exact) mass is 388 g/mol. The third-order valence-corrected chi connectivity index (χ3v) is 5.29. The topological polar surface area (TPSA) is 57.3 Å². The maximum absolute atomic E-state index is 14.4. The van der Waals surface area contributed by atoms with Gasteiger partial charge in [-0.15, -0.1) is 0 Å². The number of hydrogen-bond donors (Lipinski definition) is 0. The zero-order valence-corrected chi connectivity index (χ0v) is 15.9. The SMILES string of the molecule is COc1cc2c(cc1C)c1c3cccnc3oc(=O)c1n2Cc1ccccc1F. The van der Waals surface area contributed by atoms with Crippen LogP contribution in [0.5, 0.6) is 5.75 Å². The van der Waals surface area contributed by atoms with Gasteiger partial charge in [0.1, 0.15) is 17.1 Å². The van der Waals surface area contributed by atoms with E-state index in [0.717, 1.165) is 27.2 Å². The molecule has 2 aromatic carbocycles. The van der Waals surface area contributed by atoms with E-state index in [2.05, 4.69) is 4.98 Å². The minimum atomic E-state index is -0.504. The summed E-state index contributed by atoms with van der Waals surface area (Å²) in [6, 6.07) is 14.1. The number of aryl methyl sites for hydroxylation is 1. The van der Waals surface area contributed by atoms with Crippen molar-refractivity contribution in [3.05, 3.63) is 82.1 Å². The predicted molar refractivity (Wildman–Crippen MR) is 110 cm³/mol. The van der Waals surface area contributed by atoms with Gasteiger partial charge in [-0.3, -0.25) is 0 Å². The minimum Gasteiger partial charge on any atom is -0.496 e. The van der Waals surface area contributed by atoms with Crippen LogP contribution in [0.25, 0.3) is 32.9 Å². The average molecular weight is 388 g/mol. The number of fused-ring (bicyclic) bond motifs is 5. The van der Waals surface area contributed by atoms with Crippen LogP contribution in [-0.4, -0.2) is 16.7 Å². The molecule has 0 amide bonds. The first kappa shape index (κ1) is 17.4. The molecule has 5 rings (SSSR count). The maximum atomic E-state index is 14.4. The van der Waals surface area contributed by atoms with Crippen molar-refractivity contribution in [3.63, 3.8) is 0 Å². The molecule has 0 aliphatic heterocycles. The molecule has 0 saturated carbocycles. The molecule has 0 aliphatic carbocycles. The van der Waals surface area contributed by atoms with Crippen LogP contribution in [0.3, 0.4) is 0 Å². The first-order chi connectivity index (χ1) is 14.1. The number of pyridine rings is 1. The van der Waals surface area contributed by atoms with Gasteiger partial charge in [0, 0.05) is 34.0 Å². The van der Waals surface area contributed by atoms with Gasteiger partial charge < -0.3 is 13.7 Å². The van der Waals surface area contributed by atoms with Gasteiger partial charge in [0.2, 0.25) is 5.71 Å². The number of aromatic nitrogens is 2. The molecule has 29 heavy (non-hydrogen) atoms. The fraction of sp³-hybridized carbons (Fsp3) is 0.130. The second-order valence-corrected chi connectivity index (χ2v) is 6.99. The van der Waals surface area contributed by atoms with E-state index in [0.29, 0.717) is 16.8 Å². The van der Waals surface area contributed by atoms with E-state index in [4.69, 9.17) is 9.15 Å². The van der Waals surface area contributed by atoms with Crippen LogP contribution in [0.1, 0.15) is 11.1 Å². The van der Waals surface area contributed by atoms with Crippen LogP contribution >= 0.6 is 0 Å². The van der Waals surface area contributed by atoms with Gasteiger partial charge in [0.15, 0.2) is 0 Å². The third-order valence-electron chi connectivity index (χ3n) is 5.29. The summed E-state index contributed by atoms with van der Waals surface area (Å²) in [6.45, 7) is 2.14. The molecule has 3 heterocycles. The Kier molecular flexibility index (Phi) is 3.87. The summed E-state index contributed by atoms with van der Waals surface area (Å²) in [7, 11) is 1.60. The predicted octanol–water partition coefficient (Wildman–Crippen LogP) is 4.80. The Hall–Kier alpha value is -3.67. The fourth-order valence-electron chi connectivity index (χ4n) is 3.95. The second kappa shape index (κ2) is 6.44. The van der Waals surface area contributed by atoms with E-state index in [1.54, 1.807) is 42.1 Å². The van der Waals surface area contributed by atoms with Crippen LogP contribution in [-0.2, 0) is 6.54 Å². The van der Waals surface area contributed by atoms with Gasteiger partial charge in [0.25, 0.3) is 0 Å². The van der Waals surface area contributed by atoms with Crippen molar-refractivity contribution < 1.29 is 13.5 Å². The lowest BCUT2D eigenvalue weighted by molar-refractivity contribution is 0.412. The Morgan fingerprint density at radius 3 is 2.76 bits per heavy atom. The number of hydrogen-bond acceptors (Lipinski definition) is 4. The molecular formula is C23H17FN2O3. The highest BCUT2D eigenvalue weighted by Crippen LogP contribution is 2.36. The van der Waals surface area contributed by atoms with E-state index >= 15 is 0 Å². The van der Waals surface area contributed by atoms with Crippen molar-refractivity contribution in [2.24, 2.45) is 0 Å². The van der Waals surface area contributed by atoms with Gasteiger partial charge in [0.05, 0.1) is 19.2 Å². The highest BCUT2D eigenvalue weighted by Gasteiger charge is 2.21. The van der Waals surface area contributed by atoms with E-state index in [9.17, 15) is 9.18 Å². The van der Waals surface area contributed by atoms with Crippen molar-refractivity contribution in [1.82, 2.24) is 9.55 Å². The highest BCUT2D eigenvalue weighted by atomic mass is 19.1. The molecule has 0 saturated heterocycles. The molecular weight excluding hydrogens is 371 g/mol. The lowest BCUT2D eigenvalue weighted by Gasteiger charge is -2.10. The molecule has 0 fully saturated rings. The molecule has 0 radical (unpaired) electrons. The molecule has 6 heteroatoms. The molecule has 0 unspecified atom stereocenters. The van der Waals surface area contributed by atoms with E-state index in [1.807, 2.05) is 25.1 Å². The van der Waals surface area contributed by atoms with Gasteiger partial charge in [-0.05, 0) is 36.8 Å². The molecule has 0 bridgehead atoms. The van der Waals surface area contributed by atoms with Crippen molar-refractivity contribution in [2.75, 3.05) is 7.11 Å². The standard InChI is InChI=1S/C23H17FN2O3/c1-13-10-16-18(11-19(13)28-2)26(12-14-6-3-4-8-17(14)24)21-20(16)15-7-5-9-25-22(15)29-23(21)27/h3-11H,12H2,1-2H3. The molecule has 0 spiro atoms. The Balaban J connectivity index is 1.97. The quantitative estimate of drug-likeness (QED) is 0.445. The van der Waals surface area contributed by atoms with Crippen LogP contribution in [0.15, 0.2) is 63.9 Å². The summed E-state index contributed by atoms with van der Waals surface area (Å²) in [5, 5.41) is 2.37. The Labute approximate surface area is 165 Å². The van der Waals surface area contributed by atoms with E-state index < -0.39 is 5.63 Å². The average Bonchev–Trinajstić information content (AvgIpc) is 3.03. The smallest absolute Gasteiger partial charge is 0.362 e. The van der Waals surface area contributed by atoms with Crippen molar-refractivity contribution in [3.8, 4) is 5.75 Å². The normalized spacial score (nSPS) is 11.6. The number of halogens is 1. The van der Waals surface area contributed by atoms with Crippen LogP contribution < -0.4 is 10.4 Å². The molecule has 5 nitrogen and oxygen atoms in total. The van der Waals surface area contributed by atoms with E-state index in [-0.39, 0.29) is 18.1 Å². The number of nitrogens with zero attached hydrogens (tertiary/aromatic N) is 2. The summed E-state index contributed by atoms with van der Waals surface area (Å²) >= 11 is 0. The summed E-state index contributed by atoms with van der Waals surface area (Å²) in [5.41, 5.74) is 2.36. The first-order valence-electron chi connectivity index (χ1n) is 9.20. The first-order valence-corrected chi connectivity index (χ1v) is 9.20. The summed E-state index contributed by atoms with van der Waals surface area (Å²) in [6.07, 6.45) is 1.59. The van der Waals surface area contributed by atoms with Crippen molar-refractivity contribution in [2.45, 2.75) is 13.5 Å². The van der Waals surface area contributed by atoms with Crippen LogP contribution in [0.2, 0.25) is 0 Å². The molecule has 144 valence electrons. The Bertz CT molecular complexity index is 1470. The van der Waals surface area contributed by atoms with Gasteiger partial charge >= 0.3 is 5.63 Å². The summed E-state index contributed by atoms with van der Waals surface area (Å²) in [4.78, 5) is 17.1. The molecule has 5 aromatic rings. The largest absolute Gasteiger partial charge is 0.496 e. The number of ether oxygens (including phenoxy) is 1. The van der Waals surface area contributed by atoms with Crippen LogP contribution in [0.4, 0.5) is 4.39 Å². The fourth-order valence-corrected chi connectivity index (χ4v) is 3.95. The molecule has 0 atom stereocenters. The number of methoxy groups -OCH3 is 1. The number of rotatable bonds is 3. The molecule has 0 N–H and O–H groups in total. The van der Waals surface area contributed by atoms with Crippen molar-refractivity contribution >= 4 is 32.9 Å². The zero-order valence-electron chi connectivity index (χ0n) is 15.9. The Morgan fingerprint density at radius 2 is 1.97 bits per heavy atom. The van der Waals surface area contributed by atoms with E-state index in [1.165, 1.54) is 6.07 Å². The van der Waals surface area contributed by atoms with Gasteiger partial charge in [-0.25, -0.2) is 14.2 Å². The lowest BCUT2D eigenvalue weighted by atomic mass is 10.1. The molecule has 0 aliphatic rings. The molecule has 3 aromatic heterocycles.